The fourth-order valence-corrected chi connectivity index (χ4v) is 1.97. The largest absolute Gasteiger partial charge is 0.434 e. The summed E-state index contributed by atoms with van der Waals surface area (Å²) in [6.45, 7) is -2.98. The molecule has 1 aromatic rings. The average Bonchev–Trinajstić information content (AvgIpc) is 2.33. The summed E-state index contributed by atoms with van der Waals surface area (Å²) in [5.74, 6) is -0.219. The Morgan fingerprint density at radius 2 is 2.11 bits per heavy atom. The zero-order valence-corrected chi connectivity index (χ0v) is 9.65. The van der Waals surface area contributed by atoms with Crippen LogP contribution in [0.4, 0.5) is 14.5 Å². The van der Waals surface area contributed by atoms with Crippen molar-refractivity contribution < 1.29 is 23.1 Å². The summed E-state index contributed by atoms with van der Waals surface area (Å²) in [5, 5.41) is 0. The molecule has 0 saturated heterocycles. The minimum absolute atomic E-state index is 0.00981. The molecule has 18 heavy (non-hydrogen) atoms. The molecule has 0 aromatic heterocycles. The molecule has 1 amide bonds. The zero-order chi connectivity index (χ0) is 13.3. The van der Waals surface area contributed by atoms with Gasteiger partial charge in [-0.25, -0.2) is 0 Å². The Bertz CT molecular complexity index is 502. The summed E-state index contributed by atoms with van der Waals surface area (Å²) in [5.41, 5.74) is 1.30. The summed E-state index contributed by atoms with van der Waals surface area (Å²) in [7, 11) is 1.59. The SMILES string of the molecule is CN1C(=O)CCc2cc(OC(F)F)c(C=O)cc21. The lowest BCUT2D eigenvalue weighted by atomic mass is 9.99. The van der Waals surface area contributed by atoms with Crippen LogP contribution in [0.1, 0.15) is 22.3 Å². The molecule has 0 aliphatic carbocycles. The van der Waals surface area contributed by atoms with Crippen molar-refractivity contribution >= 4 is 17.9 Å². The van der Waals surface area contributed by atoms with Crippen molar-refractivity contribution in [2.24, 2.45) is 0 Å². The quantitative estimate of drug-likeness (QED) is 0.776. The van der Waals surface area contributed by atoms with Crippen LogP contribution in [-0.4, -0.2) is 25.9 Å². The lowest BCUT2D eigenvalue weighted by Crippen LogP contribution is -2.31. The maximum absolute atomic E-state index is 12.2. The van der Waals surface area contributed by atoms with Crippen molar-refractivity contribution in [2.45, 2.75) is 19.5 Å². The first-order valence-electron chi connectivity index (χ1n) is 5.36. The molecular weight excluding hydrogens is 244 g/mol. The minimum Gasteiger partial charge on any atom is -0.434 e. The molecule has 1 heterocycles. The van der Waals surface area contributed by atoms with Gasteiger partial charge >= 0.3 is 6.61 Å². The predicted octanol–water partition coefficient (Wildman–Crippen LogP) is 2.01. The Hall–Kier alpha value is -1.98. The number of ether oxygens (including phenoxy) is 1. The molecule has 0 bridgehead atoms. The van der Waals surface area contributed by atoms with Gasteiger partial charge < -0.3 is 9.64 Å². The topological polar surface area (TPSA) is 46.6 Å². The second kappa shape index (κ2) is 4.72. The van der Waals surface area contributed by atoms with E-state index in [1.54, 1.807) is 7.05 Å². The number of alkyl halides is 2. The lowest BCUT2D eigenvalue weighted by Gasteiger charge is -2.26. The Balaban J connectivity index is 2.47. The first kappa shape index (κ1) is 12.5. The summed E-state index contributed by atoms with van der Waals surface area (Å²) in [4.78, 5) is 23.8. The maximum atomic E-state index is 12.2. The highest BCUT2D eigenvalue weighted by molar-refractivity contribution is 5.97. The first-order valence-corrected chi connectivity index (χ1v) is 5.36. The highest BCUT2D eigenvalue weighted by Gasteiger charge is 2.23. The van der Waals surface area contributed by atoms with E-state index in [9.17, 15) is 18.4 Å². The van der Waals surface area contributed by atoms with Gasteiger partial charge in [-0.3, -0.25) is 9.59 Å². The molecule has 0 saturated carbocycles. The molecule has 1 aliphatic rings. The van der Waals surface area contributed by atoms with Gasteiger partial charge in [0.05, 0.1) is 5.56 Å². The monoisotopic (exact) mass is 255 g/mol. The van der Waals surface area contributed by atoms with Crippen LogP contribution in [0.5, 0.6) is 5.75 Å². The third-order valence-corrected chi connectivity index (χ3v) is 2.90. The molecule has 4 nitrogen and oxygen atoms in total. The van der Waals surface area contributed by atoms with E-state index in [2.05, 4.69) is 4.74 Å². The highest BCUT2D eigenvalue weighted by Crippen LogP contribution is 2.33. The van der Waals surface area contributed by atoms with E-state index in [0.717, 1.165) is 5.56 Å². The smallest absolute Gasteiger partial charge is 0.387 e. The molecule has 6 heteroatoms. The normalized spacial score (nSPS) is 14.7. The number of fused-ring (bicyclic) bond motifs is 1. The molecule has 0 N–H and O–H groups in total. The summed E-state index contributed by atoms with van der Waals surface area (Å²) in [6.07, 6.45) is 1.21. The molecular formula is C12H11F2NO3. The van der Waals surface area contributed by atoms with Gasteiger partial charge in [0.15, 0.2) is 6.29 Å². The molecule has 0 fully saturated rings. The van der Waals surface area contributed by atoms with E-state index in [1.165, 1.54) is 17.0 Å². The molecule has 2 rings (SSSR count). The van der Waals surface area contributed by atoms with Crippen molar-refractivity contribution in [3.05, 3.63) is 23.3 Å². The van der Waals surface area contributed by atoms with Crippen molar-refractivity contribution in [2.75, 3.05) is 11.9 Å². The highest BCUT2D eigenvalue weighted by atomic mass is 19.3. The number of halogens is 2. The van der Waals surface area contributed by atoms with Crippen molar-refractivity contribution in [3.8, 4) is 5.75 Å². The van der Waals surface area contributed by atoms with Crippen LogP contribution < -0.4 is 9.64 Å². The van der Waals surface area contributed by atoms with E-state index in [1.807, 2.05) is 0 Å². The molecule has 96 valence electrons. The molecule has 0 spiro atoms. The van der Waals surface area contributed by atoms with Crippen LogP contribution in [0.15, 0.2) is 12.1 Å². The van der Waals surface area contributed by atoms with Gasteiger partial charge in [-0.1, -0.05) is 0 Å². The van der Waals surface area contributed by atoms with Gasteiger partial charge in [0.25, 0.3) is 0 Å². The third-order valence-electron chi connectivity index (χ3n) is 2.90. The number of benzene rings is 1. The number of amides is 1. The van der Waals surface area contributed by atoms with Crippen LogP contribution in [0.3, 0.4) is 0 Å². The minimum atomic E-state index is -2.98. The van der Waals surface area contributed by atoms with Gasteiger partial charge in [-0.05, 0) is 24.1 Å². The zero-order valence-electron chi connectivity index (χ0n) is 9.65. The number of anilines is 1. The van der Waals surface area contributed by atoms with Gasteiger partial charge in [-0.15, -0.1) is 0 Å². The molecule has 0 unspecified atom stereocenters. The van der Waals surface area contributed by atoms with Crippen LogP contribution in [0.2, 0.25) is 0 Å². The number of hydrogen-bond acceptors (Lipinski definition) is 3. The lowest BCUT2D eigenvalue weighted by molar-refractivity contribution is -0.118. The first-order chi connectivity index (χ1) is 8.52. The standard InChI is InChI=1S/C12H11F2NO3/c1-15-9-4-8(6-16)10(18-12(13)14)5-7(9)2-3-11(15)17/h4-6,12H,2-3H2,1H3. The van der Waals surface area contributed by atoms with E-state index in [-0.39, 0.29) is 17.2 Å². The van der Waals surface area contributed by atoms with Gasteiger partial charge in [0.2, 0.25) is 5.91 Å². The van der Waals surface area contributed by atoms with E-state index in [0.29, 0.717) is 24.8 Å². The maximum Gasteiger partial charge on any atom is 0.387 e. The Morgan fingerprint density at radius 1 is 1.39 bits per heavy atom. The van der Waals surface area contributed by atoms with Crippen LogP contribution in [0.25, 0.3) is 0 Å². The van der Waals surface area contributed by atoms with Gasteiger partial charge in [0.1, 0.15) is 5.75 Å². The predicted molar refractivity (Wildman–Crippen MR) is 60.2 cm³/mol. The van der Waals surface area contributed by atoms with Crippen LogP contribution in [0, 0.1) is 0 Å². The van der Waals surface area contributed by atoms with E-state index >= 15 is 0 Å². The number of rotatable bonds is 3. The molecule has 0 radical (unpaired) electrons. The number of aldehydes is 1. The van der Waals surface area contributed by atoms with Gasteiger partial charge in [-0.2, -0.15) is 8.78 Å². The van der Waals surface area contributed by atoms with E-state index < -0.39 is 6.61 Å². The summed E-state index contributed by atoms with van der Waals surface area (Å²) in [6, 6.07) is 2.80. The fourth-order valence-electron chi connectivity index (χ4n) is 1.97. The van der Waals surface area contributed by atoms with Crippen LogP contribution in [-0.2, 0) is 11.2 Å². The van der Waals surface area contributed by atoms with Crippen LogP contribution >= 0.6 is 0 Å². The summed E-state index contributed by atoms with van der Waals surface area (Å²) >= 11 is 0. The number of hydrogen-bond donors (Lipinski definition) is 0. The molecule has 0 atom stereocenters. The fraction of sp³-hybridized carbons (Fsp3) is 0.333. The van der Waals surface area contributed by atoms with Crippen molar-refractivity contribution in [1.82, 2.24) is 0 Å². The van der Waals surface area contributed by atoms with Crippen molar-refractivity contribution in [3.63, 3.8) is 0 Å². The third kappa shape index (κ3) is 2.18. The molecule has 1 aromatic carbocycles. The Kier molecular flexibility index (Phi) is 3.27. The second-order valence-corrected chi connectivity index (χ2v) is 3.97. The number of nitrogens with zero attached hydrogens (tertiary/aromatic N) is 1. The summed E-state index contributed by atoms with van der Waals surface area (Å²) < 4.78 is 28.7. The second-order valence-electron chi connectivity index (χ2n) is 3.97. The van der Waals surface area contributed by atoms with E-state index in [4.69, 9.17) is 0 Å². The average molecular weight is 255 g/mol. The number of carbonyl (C=O) groups is 2. The molecule has 1 aliphatic heterocycles. The Labute approximate surface area is 102 Å². The Morgan fingerprint density at radius 3 is 2.72 bits per heavy atom. The number of aryl methyl sites for hydroxylation is 1. The van der Waals surface area contributed by atoms with Gasteiger partial charge in [0, 0.05) is 19.2 Å². The number of carbonyl (C=O) groups excluding carboxylic acids is 2. The van der Waals surface area contributed by atoms with Crippen molar-refractivity contribution in [1.29, 1.82) is 0 Å².